The summed E-state index contributed by atoms with van der Waals surface area (Å²) in [5, 5.41) is 0. The monoisotopic (exact) mass is 784 g/mol. The molecule has 0 fully saturated rings. The van der Waals surface area contributed by atoms with Gasteiger partial charge in [-0.3, -0.25) is 0 Å². The summed E-state index contributed by atoms with van der Waals surface area (Å²) >= 11 is -12.2. The third-order valence-electron chi connectivity index (χ3n) is 5.96. The van der Waals surface area contributed by atoms with Crippen molar-refractivity contribution in [3.63, 3.8) is 0 Å². The van der Waals surface area contributed by atoms with Gasteiger partial charge in [-0.1, -0.05) is 0 Å². The Morgan fingerprint density at radius 1 is 0.429 bits per heavy atom. The van der Waals surface area contributed by atoms with Gasteiger partial charge < -0.3 is 0 Å². The minimum absolute atomic E-state index is 0.110. The van der Waals surface area contributed by atoms with Crippen LogP contribution in [0.25, 0.3) is 0 Å². The predicted molar refractivity (Wildman–Crippen MR) is 103 cm³/mol. The van der Waals surface area contributed by atoms with Crippen molar-refractivity contribution in [1.82, 2.24) is 0 Å². The molecule has 42 heavy (non-hydrogen) atoms. The second kappa shape index (κ2) is 13.0. The van der Waals surface area contributed by atoms with Gasteiger partial charge in [-0.15, -0.1) is 0 Å². The molecule has 1 nitrogen and oxygen atoms in total. The van der Waals surface area contributed by atoms with E-state index in [0.29, 0.717) is 0 Å². The van der Waals surface area contributed by atoms with Crippen LogP contribution < -0.4 is 0 Å². The fourth-order valence-corrected chi connectivity index (χ4v) is 15.0. The Labute approximate surface area is 227 Å². The number of hydrogen-bond donors (Lipinski definition) is 0. The Morgan fingerprint density at radius 3 is 0.929 bits per heavy atom. The Bertz CT molecular complexity index is 776. The molecule has 0 saturated heterocycles. The normalized spacial score (nSPS) is 15.9. The van der Waals surface area contributed by atoms with E-state index < -0.39 is 106 Å². The van der Waals surface area contributed by atoms with E-state index >= 15 is 26.3 Å². The molecule has 0 aliphatic carbocycles. The molecule has 23 heteroatoms. The van der Waals surface area contributed by atoms with Crippen LogP contribution in [0.3, 0.4) is 0 Å². The molecule has 0 atom stereocenters. The first kappa shape index (κ1) is 41.3. The first-order valence-corrected chi connectivity index (χ1v) is 16.7. The Morgan fingerprint density at radius 2 is 0.690 bits per heavy atom. The van der Waals surface area contributed by atoms with E-state index in [1.807, 2.05) is 0 Å². The average molecular weight is 783 g/mol. The maximum absolute atomic E-state index is 15.1. The predicted octanol–water partition coefficient (Wildman–Crippen LogP) is 9.16. The van der Waals surface area contributed by atoms with Crippen LogP contribution in [0.5, 0.6) is 0 Å². The zero-order valence-electron chi connectivity index (χ0n) is 20.7. The number of alkyl halides is 21. The van der Waals surface area contributed by atoms with Crippen LogP contribution in [-0.2, 0) is 3.07 Å². The van der Waals surface area contributed by atoms with Crippen molar-refractivity contribution in [3.8, 4) is 0 Å². The van der Waals surface area contributed by atoms with Crippen molar-refractivity contribution in [2.75, 3.05) is 26.6 Å². The van der Waals surface area contributed by atoms with Crippen molar-refractivity contribution in [1.29, 1.82) is 0 Å². The van der Waals surface area contributed by atoms with E-state index in [0.717, 1.165) is 0 Å². The fourth-order valence-electron chi connectivity index (χ4n) is 3.40. The molecule has 0 aromatic heterocycles. The molecule has 254 valence electrons. The summed E-state index contributed by atoms with van der Waals surface area (Å²) in [6, 6.07) is 0. The second-order valence-electron chi connectivity index (χ2n) is 8.90. The van der Waals surface area contributed by atoms with Gasteiger partial charge in [-0.05, 0) is 0 Å². The van der Waals surface area contributed by atoms with Crippen molar-refractivity contribution in [2.45, 2.75) is 86.4 Å². The van der Waals surface area contributed by atoms with E-state index in [1.54, 1.807) is 0 Å². The summed E-state index contributed by atoms with van der Waals surface area (Å²) in [5.41, 5.74) is 0. The van der Waals surface area contributed by atoms with Crippen LogP contribution in [0.1, 0.15) is 39.0 Å². The molecule has 0 aromatic carbocycles. The molecular formula is C19H21F21OSn. The number of rotatable bonds is 19. The van der Waals surface area contributed by atoms with E-state index in [-0.39, 0.29) is 19.3 Å². The quantitative estimate of drug-likeness (QED) is 0.0722. The van der Waals surface area contributed by atoms with Crippen molar-refractivity contribution in [3.05, 3.63) is 0 Å². The summed E-state index contributed by atoms with van der Waals surface area (Å²) in [6.45, 7) is -13.6. The molecule has 0 rings (SSSR count). The summed E-state index contributed by atoms with van der Waals surface area (Å²) in [5.74, 6) is -46.5. The molecule has 0 aromatic rings. The average Bonchev–Trinajstić information content (AvgIpc) is 2.86. The van der Waals surface area contributed by atoms with E-state index in [9.17, 15) is 65.9 Å². The molecule has 0 aliphatic rings. The van der Waals surface area contributed by atoms with Gasteiger partial charge in [0.1, 0.15) is 0 Å². The van der Waals surface area contributed by atoms with Gasteiger partial charge in [0.15, 0.2) is 0 Å². The minimum atomic E-state index is -12.2. The van der Waals surface area contributed by atoms with Crippen LogP contribution in [-0.4, -0.2) is 92.8 Å². The second-order valence-corrected chi connectivity index (χ2v) is 19.0. The van der Waals surface area contributed by atoms with Crippen molar-refractivity contribution in [2.24, 2.45) is 0 Å². The molecule has 0 bridgehead atoms. The summed E-state index contributed by atoms with van der Waals surface area (Å²) < 4.78 is 273. The van der Waals surface area contributed by atoms with Gasteiger partial charge in [0.05, 0.1) is 0 Å². The zero-order valence-corrected chi connectivity index (χ0v) is 23.6. The molecule has 0 aliphatic heterocycles. The molecule has 0 radical (unpaired) electrons. The van der Waals surface area contributed by atoms with E-state index in [4.69, 9.17) is 0 Å². The van der Waals surface area contributed by atoms with Crippen LogP contribution in [0.4, 0.5) is 92.2 Å². The van der Waals surface area contributed by atoms with E-state index in [1.165, 1.54) is 6.92 Å². The van der Waals surface area contributed by atoms with Crippen LogP contribution >= 0.6 is 0 Å². The van der Waals surface area contributed by atoms with Gasteiger partial charge in [-0.2, -0.15) is 0 Å². The van der Waals surface area contributed by atoms with Crippen molar-refractivity contribution < 1.29 is 95.3 Å². The third kappa shape index (κ3) is 5.96. The first-order chi connectivity index (χ1) is 18.5. The molecular weight excluding hydrogens is 762 g/mol. The Kier molecular flexibility index (Phi) is 12.7. The number of unbranched alkanes of at least 4 members (excludes halogenated alkanes) is 4. The summed E-state index contributed by atoms with van der Waals surface area (Å²) in [6.07, 6.45) is -1.77. The third-order valence-corrected chi connectivity index (χ3v) is 18.0. The van der Waals surface area contributed by atoms with Crippen LogP contribution in [0, 0.1) is 0 Å². The van der Waals surface area contributed by atoms with Gasteiger partial charge in [0, 0.05) is 0 Å². The number of hydrogen-bond acceptors (Lipinski definition) is 1. The van der Waals surface area contributed by atoms with Gasteiger partial charge in [0.2, 0.25) is 0 Å². The zero-order chi connectivity index (χ0) is 34.1. The molecule has 0 amide bonds. The summed E-state index contributed by atoms with van der Waals surface area (Å²) in [7, 11) is 0. The Balaban J connectivity index is 8.31. The topological polar surface area (TPSA) is 9.23 Å². The molecule has 0 heterocycles. The van der Waals surface area contributed by atoms with Gasteiger partial charge in [-0.25, -0.2) is 0 Å². The Hall–Kier alpha value is -0.711. The summed E-state index contributed by atoms with van der Waals surface area (Å²) in [4.78, 5) is 0. The van der Waals surface area contributed by atoms with E-state index in [2.05, 4.69) is 3.07 Å². The molecule has 0 saturated carbocycles. The number of halogens is 21. The van der Waals surface area contributed by atoms with Gasteiger partial charge >= 0.3 is 227 Å². The molecule has 0 unspecified atom stereocenters. The maximum atomic E-state index is 15.1. The van der Waals surface area contributed by atoms with Crippen molar-refractivity contribution >= 4 is 18.8 Å². The first-order valence-electron chi connectivity index (χ1n) is 11.2. The molecule has 0 N–H and O–H groups in total. The van der Waals surface area contributed by atoms with Crippen LogP contribution in [0.2, 0.25) is 0 Å². The molecule has 0 spiro atoms. The fraction of sp³-hybridized carbons (Fsp3) is 1.00. The van der Waals surface area contributed by atoms with Gasteiger partial charge in [0.25, 0.3) is 0 Å². The van der Waals surface area contributed by atoms with Crippen LogP contribution in [0.15, 0.2) is 0 Å². The SMILES string of the molecule is CCCCCCC[O][Sn]([C](F)(F)C(F)(F)C(F)(F)CF)([C](F)(F)C(F)(F)C(F)(F)CF)[C](F)(F)C(F)(F)C(F)(F)CF. The standard InChI is InChI=1S/C7H15O.3C4H2F7.Sn/c1-2-3-4-5-6-7-8;3*5-1-3(8,9)4(10,11)2(6)7;/h2-7H2,1H3;3*1H2;/q-1;;;;+1.